The van der Waals surface area contributed by atoms with E-state index in [9.17, 15) is 0 Å². The first-order valence-electron chi connectivity index (χ1n) is 3.55. The van der Waals surface area contributed by atoms with Crippen molar-refractivity contribution >= 4 is 6.21 Å². The van der Waals surface area contributed by atoms with Gasteiger partial charge in [-0.3, -0.25) is 0 Å². The topological polar surface area (TPSA) is 61.9 Å². The summed E-state index contributed by atoms with van der Waals surface area (Å²) in [6, 6.07) is 0.610. The van der Waals surface area contributed by atoms with E-state index < -0.39 is 0 Å². The molecule has 1 aliphatic rings. The number of nitrogens with one attached hydrogen (secondary N) is 2. The number of hydrogen-bond acceptors (Lipinski definition) is 3. The van der Waals surface area contributed by atoms with Crippen LogP contribution in [0, 0.1) is 5.41 Å². The fourth-order valence-corrected chi connectivity index (χ4v) is 0.831. The van der Waals surface area contributed by atoms with E-state index in [1.807, 2.05) is 0 Å². The van der Waals surface area contributed by atoms with Crippen molar-refractivity contribution in [3.05, 3.63) is 11.9 Å². The highest BCUT2D eigenvalue weighted by molar-refractivity contribution is 5.73. The molecule has 0 spiro atoms. The Morgan fingerprint density at radius 2 is 2.30 bits per heavy atom. The fraction of sp³-hybridized carbons (Fsp3) is 0.571. The number of hydrogen-bond donors (Lipinski definition) is 3. The van der Waals surface area contributed by atoms with Gasteiger partial charge >= 0.3 is 0 Å². The van der Waals surface area contributed by atoms with Crippen molar-refractivity contribution in [3.63, 3.8) is 0 Å². The summed E-state index contributed by atoms with van der Waals surface area (Å²) in [5.41, 5.74) is 5.85. The molecule has 0 aromatic rings. The average molecular weight is 139 g/mol. The maximum atomic E-state index is 6.77. The Bertz CT molecular complexity index is 147. The lowest BCUT2D eigenvalue weighted by molar-refractivity contribution is 0.372. The molecule has 1 aliphatic carbocycles. The highest BCUT2D eigenvalue weighted by Gasteiger charge is 2.14. The first-order chi connectivity index (χ1) is 4.83. The van der Waals surface area contributed by atoms with Gasteiger partial charge < -0.3 is 16.5 Å². The average Bonchev–Trinajstić information content (AvgIpc) is 1.84. The van der Waals surface area contributed by atoms with E-state index in [1.165, 1.54) is 19.3 Å². The quantitative estimate of drug-likeness (QED) is 0.501. The Hall–Kier alpha value is -0.990. The Balaban J connectivity index is 2.18. The van der Waals surface area contributed by atoms with E-state index in [0.29, 0.717) is 11.7 Å². The van der Waals surface area contributed by atoms with Gasteiger partial charge in [0, 0.05) is 18.5 Å². The maximum absolute atomic E-state index is 6.77. The summed E-state index contributed by atoms with van der Waals surface area (Å²) < 4.78 is 0. The highest BCUT2D eigenvalue weighted by atomic mass is 14.9. The summed E-state index contributed by atoms with van der Waals surface area (Å²) >= 11 is 0. The number of nitrogens with two attached hydrogens (primary N) is 1. The van der Waals surface area contributed by atoms with E-state index >= 15 is 0 Å². The van der Waals surface area contributed by atoms with Crippen molar-refractivity contribution in [2.45, 2.75) is 25.3 Å². The van der Waals surface area contributed by atoms with Crippen LogP contribution < -0.4 is 11.1 Å². The lowest BCUT2D eigenvalue weighted by Gasteiger charge is -2.25. The molecule has 0 amide bonds. The smallest absolute Gasteiger partial charge is 0.0652 e. The summed E-state index contributed by atoms with van der Waals surface area (Å²) in [5.74, 6) is 0. The van der Waals surface area contributed by atoms with E-state index in [1.54, 1.807) is 6.20 Å². The third-order valence-corrected chi connectivity index (χ3v) is 1.76. The largest absolute Gasteiger partial charge is 0.396 e. The van der Waals surface area contributed by atoms with Crippen LogP contribution in [0.15, 0.2) is 11.9 Å². The molecule has 1 saturated carbocycles. The van der Waals surface area contributed by atoms with Gasteiger partial charge in [-0.25, -0.2) is 0 Å². The molecule has 56 valence electrons. The van der Waals surface area contributed by atoms with Crippen LogP contribution in [0.2, 0.25) is 0 Å². The molecule has 0 aromatic carbocycles. The molecule has 0 aliphatic heterocycles. The van der Waals surface area contributed by atoms with Gasteiger partial charge in [0.25, 0.3) is 0 Å². The predicted molar refractivity (Wildman–Crippen MR) is 41.8 cm³/mol. The number of rotatable bonds is 3. The second kappa shape index (κ2) is 3.25. The van der Waals surface area contributed by atoms with E-state index in [0.717, 1.165) is 6.21 Å². The Morgan fingerprint density at radius 1 is 1.60 bits per heavy atom. The van der Waals surface area contributed by atoms with E-state index in [2.05, 4.69) is 5.32 Å². The fourth-order valence-electron chi connectivity index (χ4n) is 0.831. The van der Waals surface area contributed by atoms with Crippen molar-refractivity contribution in [3.8, 4) is 0 Å². The molecule has 3 heteroatoms. The normalized spacial score (nSPS) is 19.8. The van der Waals surface area contributed by atoms with E-state index in [4.69, 9.17) is 11.1 Å². The van der Waals surface area contributed by atoms with Gasteiger partial charge in [0.1, 0.15) is 0 Å². The number of allylic oxidation sites excluding steroid dienone is 1. The van der Waals surface area contributed by atoms with Crippen molar-refractivity contribution in [1.29, 1.82) is 5.41 Å². The van der Waals surface area contributed by atoms with Gasteiger partial charge in [-0.05, 0) is 19.3 Å². The predicted octanol–water partition coefficient (Wildman–Crippen LogP) is 0.578. The van der Waals surface area contributed by atoms with E-state index in [-0.39, 0.29) is 0 Å². The molecule has 0 atom stereocenters. The summed E-state index contributed by atoms with van der Waals surface area (Å²) in [6.07, 6.45) is 6.64. The van der Waals surface area contributed by atoms with Gasteiger partial charge in [0.05, 0.1) is 5.70 Å². The maximum Gasteiger partial charge on any atom is 0.0652 e. The molecule has 1 rings (SSSR count). The van der Waals surface area contributed by atoms with Crippen LogP contribution in [0.3, 0.4) is 0 Å². The molecule has 0 radical (unpaired) electrons. The van der Waals surface area contributed by atoms with Crippen LogP contribution >= 0.6 is 0 Å². The monoisotopic (exact) mass is 139 g/mol. The molecule has 3 nitrogen and oxygen atoms in total. The molecule has 1 fully saturated rings. The Labute approximate surface area is 60.8 Å². The second-order valence-electron chi connectivity index (χ2n) is 2.58. The minimum Gasteiger partial charge on any atom is -0.396 e. The molecule has 0 aromatic heterocycles. The van der Waals surface area contributed by atoms with Crippen LogP contribution in [-0.4, -0.2) is 12.3 Å². The Morgan fingerprint density at radius 3 is 2.70 bits per heavy atom. The van der Waals surface area contributed by atoms with Crippen molar-refractivity contribution in [2.24, 2.45) is 5.73 Å². The van der Waals surface area contributed by atoms with Crippen molar-refractivity contribution in [1.82, 2.24) is 5.32 Å². The first-order valence-corrected chi connectivity index (χ1v) is 3.55. The van der Waals surface area contributed by atoms with Gasteiger partial charge in [-0.15, -0.1) is 0 Å². The Kier molecular flexibility index (Phi) is 2.31. The molecule has 0 bridgehead atoms. The molecule has 0 unspecified atom stereocenters. The standard InChI is InChI=1S/C7H13N3/c8-4-6(9)5-10-7-2-1-3-7/h4-5,7-8,10H,1-3,9H2/b6-5+,8-4?. The summed E-state index contributed by atoms with van der Waals surface area (Å²) in [5, 5.41) is 9.90. The molecule has 10 heavy (non-hydrogen) atoms. The van der Waals surface area contributed by atoms with Crippen LogP contribution in [0.5, 0.6) is 0 Å². The third-order valence-electron chi connectivity index (χ3n) is 1.76. The summed E-state index contributed by atoms with van der Waals surface area (Å²) in [4.78, 5) is 0. The summed E-state index contributed by atoms with van der Waals surface area (Å²) in [7, 11) is 0. The highest BCUT2D eigenvalue weighted by Crippen LogP contribution is 2.17. The lowest BCUT2D eigenvalue weighted by atomic mass is 9.93. The summed E-state index contributed by atoms with van der Waals surface area (Å²) in [6.45, 7) is 0. The molecular formula is C7H13N3. The lowest BCUT2D eigenvalue weighted by Crippen LogP contribution is -2.31. The van der Waals surface area contributed by atoms with Gasteiger partial charge in [0.15, 0.2) is 0 Å². The van der Waals surface area contributed by atoms with Gasteiger partial charge in [0.2, 0.25) is 0 Å². The third kappa shape index (κ3) is 1.76. The van der Waals surface area contributed by atoms with Crippen LogP contribution in [0.1, 0.15) is 19.3 Å². The molecular weight excluding hydrogens is 126 g/mol. The second-order valence-corrected chi connectivity index (χ2v) is 2.58. The SMILES string of the molecule is N=C/C(N)=C\NC1CCC1. The molecule has 0 heterocycles. The minimum atomic E-state index is 0.492. The first kappa shape index (κ1) is 7.12. The van der Waals surface area contributed by atoms with Crippen molar-refractivity contribution in [2.75, 3.05) is 0 Å². The zero-order chi connectivity index (χ0) is 7.40. The molecule has 4 N–H and O–H groups in total. The minimum absolute atomic E-state index is 0.492. The van der Waals surface area contributed by atoms with Crippen LogP contribution in [-0.2, 0) is 0 Å². The molecule has 0 saturated heterocycles. The van der Waals surface area contributed by atoms with Crippen LogP contribution in [0.25, 0.3) is 0 Å². The zero-order valence-corrected chi connectivity index (χ0v) is 5.93. The van der Waals surface area contributed by atoms with Gasteiger partial charge in [-0.2, -0.15) is 0 Å². The van der Waals surface area contributed by atoms with Crippen molar-refractivity contribution < 1.29 is 0 Å². The zero-order valence-electron chi connectivity index (χ0n) is 5.93. The van der Waals surface area contributed by atoms with Gasteiger partial charge in [-0.1, -0.05) is 0 Å². The van der Waals surface area contributed by atoms with Crippen LogP contribution in [0.4, 0.5) is 0 Å².